The minimum Gasteiger partial charge on any atom is -1.00 e. The molecule has 0 aliphatic rings. The largest absolute Gasteiger partial charge is 1.00 e. The number of halogens is 1. The van der Waals surface area contributed by atoms with Crippen LogP contribution >= 0.6 is 0 Å². The zero-order valence-corrected chi connectivity index (χ0v) is 12.8. The Morgan fingerprint density at radius 2 is 1.90 bits per heavy atom. The number of aliphatic hydroxyl groups is 1. The molecule has 1 atom stereocenters. The van der Waals surface area contributed by atoms with Gasteiger partial charge in [0.05, 0.1) is 17.6 Å². The van der Waals surface area contributed by atoms with Gasteiger partial charge in [-0.3, -0.25) is 9.13 Å². The van der Waals surface area contributed by atoms with Gasteiger partial charge >= 0.3 is 5.69 Å². The van der Waals surface area contributed by atoms with E-state index in [0.717, 1.165) is 23.0 Å². The molecule has 0 saturated carbocycles. The number of rotatable bonds is 5. The maximum atomic E-state index is 11.8. The molecule has 6 heteroatoms. The van der Waals surface area contributed by atoms with Gasteiger partial charge in [-0.2, -0.15) is 0 Å². The Labute approximate surface area is 124 Å². The average Bonchev–Trinajstić information content (AvgIpc) is 2.65. The number of aryl methyl sites for hydroxylation is 2. The molecule has 0 amide bonds. The lowest BCUT2D eigenvalue weighted by atomic mass is 10.1. The number of benzene rings is 1. The molecular weight excluding hydrogens is 278 g/mol. The number of nitrogens with one attached hydrogen (secondary N) is 1. The molecule has 1 unspecified atom stereocenters. The molecule has 2 N–H and O–H groups in total. The number of imidazole rings is 1. The van der Waals surface area contributed by atoms with E-state index in [1.54, 1.807) is 23.2 Å². The molecule has 0 fully saturated rings. The lowest BCUT2D eigenvalue weighted by molar-refractivity contribution is -0.00000514. The summed E-state index contributed by atoms with van der Waals surface area (Å²) in [5.41, 5.74) is 2.97. The van der Waals surface area contributed by atoms with E-state index >= 15 is 0 Å². The summed E-state index contributed by atoms with van der Waals surface area (Å²) in [5.74, 6) is 0. The van der Waals surface area contributed by atoms with Crippen molar-refractivity contribution in [1.82, 2.24) is 14.5 Å². The Morgan fingerprint density at radius 3 is 2.50 bits per heavy atom. The predicted molar refractivity (Wildman–Crippen MR) is 76.2 cm³/mol. The fraction of sp³-hybridized carbons (Fsp3) is 0.500. The second-order valence-corrected chi connectivity index (χ2v) is 4.89. The molecule has 112 valence electrons. The normalized spacial score (nSPS) is 12.4. The third-order valence-electron chi connectivity index (χ3n) is 3.64. The van der Waals surface area contributed by atoms with E-state index in [4.69, 9.17) is 5.11 Å². The lowest BCUT2D eigenvalue weighted by Crippen LogP contribution is -3.00. The first-order valence-electron chi connectivity index (χ1n) is 6.57. The first kappa shape index (κ1) is 16.8. The van der Waals surface area contributed by atoms with Gasteiger partial charge < -0.3 is 22.8 Å². The number of aromatic nitrogens is 2. The Hall–Kier alpha value is -1.30. The minimum atomic E-state index is -0.0121. The Balaban J connectivity index is 0.00000200. The van der Waals surface area contributed by atoms with Gasteiger partial charge in [-0.05, 0) is 24.1 Å². The van der Waals surface area contributed by atoms with E-state index in [2.05, 4.69) is 5.32 Å². The van der Waals surface area contributed by atoms with Crippen molar-refractivity contribution in [3.63, 3.8) is 0 Å². The molecule has 1 aromatic heterocycles. The first-order chi connectivity index (χ1) is 9.08. The van der Waals surface area contributed by atoms with Gasteiger partial charge in [0.15, 0.2) is 0 Å². The topological polar surface area (TPSA) is 59.2 Å². The highest BCUT2D eigenvalue weighted by molar-refractivity contribution is 5.76. The number of nitrogens with zero attached hydrogens (tertiary/aromatic N) is 2. The molecule has 2 rings (SSSR count). The van der Waals surface area contributed by atoms with Crippen LogP contribution < -0.4 is 23.4 Å². The second kappa shape index (κ2) is 6.92. The smallest absolute Gasteiger partial charge is 0.328 e. The zero-order chi connectivity index (χ0) is 14.0. The molecule has 2 aromatic rings. The maximum Gasteiger partial charge on any atom is 0.328 e. The molecule has 0 aliphatic heterocycles. The van der Waals surface area contributed by atoms with Gasteiger partial charge in [0.25, 0.3) is 0 Å². The Bertz CT molecular complexity index is 629. The van der Waals surface area contributed by atoms with Gasteiger partial charge in [-0.15, -0.1) is 0 Å². The van der Waals surface area contributed by atoms with Crippen LogP contribution in [-0.2, 0) is 20.6 Å². The maximum absolute atomic E-state index is 11.8. The lowest BCUT2D eigenvalue weighted by Gasteiger charge is -2.13. The number of hydrogen-bond acceptors (Lipinski definition) is 3. The van der Waals surface area contributed by atoms with E-state index in [9.17, 15) is 4.79 Å². The summed E-state index contributed by atoms with van der Waals surface area (Å²) in [6.45, 7) is 2.87. The van der Waals surface area contributed by atoms with E-state index < -0.39 is 0 Å². The highest BCUT2D eigenvalue weighted by atomic mass is 35.5. The number of hydrogen-bond donors (Lipinski definition) is 2. The molecular formula is C14H21ClN3O2-. The van der Waals surface area contributed by atoms with Crippen LogP contribution in [0, 0.1) is 0 Å². The third kappa shape index (κ3) is 3.06. The molecule has 0 radical (unpaired) electrons. The number of fused-ring (bicyclic) bond motifs is 1. The highest BCUT2D eigenvalue weighted by Gasteiger charge is 2.09. The average molecular weight is 299 g/mol. The zero-order valence-electron chi connectivity index (χ0n) is 12.1. The van der Waals surface area contributed by atoms with Gasteiger partial charge in [0.2, 0.25) is 0 Å². The van der Waals surface area contributed by atoms with Crippen molar-refractivity contribution in [1.29, 1.82) is 0 Å². The van der Waals surface area contributed by atoms with Crippen molar-refractivity contribution in [2.75, 3.05) is 6.61 Å². The van der Waals surface area contributed by atoms with Crippen LogP contribution in [0.5, 0.6) is 0 Å². The molecule has 1 aromatic carbocycles. The van der Waals surface area contributed by atoms with Crippen LogP contribution in [0.4, 0.5) is 0 Å². The van der Waals surface area contributed by atoms with Crippen LogP contribution in [0.25, 0.3) is 11.0 Å². The van der Waals surface area contributed by atoms with Gasteiger partial charge in [-0.25, -0.2) is 4.79 Å². The molecule has 5 nitrogen and oxygen atoms in total. The summed E-state index contributed by atoms with van der Waals surface area (Å²) in [6, 6.07) is 6.12. The summed E-state index contributed by atoms with van der Waals surface area (Å²) >= 11 is 0. The summed E-state index contributed by atoms with van der Waals surface area (Å²) in [4.78, 5) is 11.8. The highest BCUT2D eigenvalue weighted by Crippen LogP contribution is 2.14. The fourth-order valence-corrected chi connectivity index (χ4v) is 2.26. The van der Waals surface area contributed by atoms with Crippen molar-refractivity contribution in [3.05, 3.63) is 34.2 Å². The van der Waals surface area contributed by atoms with Crippen LogP contribution in [0.3, 0.4) is 0 Å². The van der Waals surface area contributed by atoms with Gasteiger partial charge in [-0.1, -0.05) is 13.0 Å². The SMILES string of the molecule is CCC(CO)NCc1ccc2c(c1)n(C)c(=O)n2C.[Cl-]. The minimum absolute atomic E-state index is 0. The van der Waals surface area contributed by atoms with Crippen LogP contribution in [0.1, 0.15) is 18.9 Å². The third-order valence-corrected chi connectivity index (χ3v) is 3.64. The summed E-state index contributed by atoms with van der Waals surface area (Å²) in [7, 11) is 3.56. The molecule has 1 heterocycles. The van der Waals surface area contributed by atoms with Crippen molar-refractivity contribution in [2.45, 2.75) is 25.9 Å². The standard InChI is InChI=1S/C14H21N3O2.ClH/c1-4-11(9-18)15-8-10-5-6-12-13(7-10)17(3)14(19)16(12)2;/h5-7,11,15,18H,4,8-9H2,1-3H3;1H/p-1. The second-order valence-electron chi connectivity index (χ2n) is 4.89. The van der Waals surface area contributed by atoms with E-state index in [1.807, 2.05) is 25.1 Å². The summed E-state index contributed by atoms with van der Waals surface area (Å²) < 4.78 is 3.30. The molecule has 0 spiro atoms. The first-order valence-corrected chi connectivity index (χ1v) is 6.57. The van der Waals surface area contributed by atoms with Crippen LogP contribution in [0.2, 0.25) is 0 Å². The van der Waals surface area contributed by atoms with E-state index in [-0.39, 0.29) is 30.7 Å². The van der Waals surface area contributed by atoms with Crippen molar-refractivity contribution >= 4 is 11.0 Å². The molecule has 0 saturated heterocycles. The van der Waals surface area contributed by atoms with Crippen molar-refractivity contribution in [3.8, 4) is 0 Å². The van der Waals surface area contributed by atoms with E-state index in [0.29, 0.717) is 6.54 Å². The van der Waals surface area contributed by atoms with Crippen molar-refractivity contribution < 1.29 is 17.5 Å². The van der Waals surface area contributed by atoms with Crippen LogP contribution in [-0.4, -0.2) is 26.9 Å². The van der Waals surface area contributed by atoms with Gasteiger partial charge in [0, 0.05) is 26.7 Å². The van der Waals surface area contributed by atoms with E-state index in [1.165, 1.54) is 0 Å². The quantitative estimate of drug-likeness (QED) is 0.655. The van der Waals surface area contributed by atoms with Crippen LogP contribution in [0.15, 0.2) is 23.0 Å². The number of aliphatic hydroxyl groups excluding tert-OH is 1. The summed E-state index contributed by atoms with van der Waals surface area (Å²) in [6.07, 6.45) is 0.891. The summed E-state index contributed by atoms with van der Waals surface area (Å²) in [5, 5.41) is 12.4. The fourth-order valence-electron chi connectivity index (χ4n) is 2.26. The molecule has 0 bridgehead atoms. The predicted octanol–water partition coefficient (Wildman–Crippen LogP) is -2.26. The van der Waals surface area contributed by atoms with Crippen molar-refractivity contribution in [2.24, 2.45) is 14.1 Å². The Kier molecular flexibility index (Phi) is 5.80. The monoisotopic (exact) mass is 298 g/mol. The molecule has 0 aliphatic carbocycles. The molecule has 20 heavy (non-hydrogen) atoms. The Morgan fingerprint density at radius 1 is 1.25 bits per heavy atom. The van der Waals surface area contributed by atoms with Gasteiger partial charge in [0.1, 0.15) is 0 Å².